The molecule has 0 bridgehead atoms. The van der Waals surface area contributed by atoms with Gasteiger partial charge in [0.1, 0.15) is 18.0 Å². The van der Waals surface area contributed by atoms with Gasteiger partial charge in [-0.3, -0.25) is 4.79 Å². The molecule has 1 amide bonds. The smallest absolute Gasteiger partial charge is 0.226 e. The van der Waals surface area contributed by atoms with E-state index in [1.165, 1.54) is 0 Å². The zero-order valence-electron chi connectivity index (χ0n) is 11.9. The standard InChI is InChI=1S/C17H18N2O2/c1-12-10-16(20)19-14-8-5-9-15(17(14)18-12)21-11-13-6-3-2-4-7-13/h2-9,12,18H,10-11H2,1H3,(H,19,20)/t12-/m1/s1. The lowest BCUT2D eigenvalue weighted by atomic mass is 10.2. The first-order valence-corrected chi connectivity index (χ1v) is 7.08. The van der Waals surface area contributed by atoms with E-state index in [-0.39, 0.29) is 11.9 Å². The molecule has 2 aromatic carbocycles. The molecule has 0 spiro atoms. The summed E-state index contributed by atoms with van der Waals surface area (Å²) in [6.45, 7) is 2.49. The number of carbonyl (C=O) groups is 1. The Labute approximate surface area is 124 Å². The van der Waals surface area contributed by atoms with Gasteiger partial charge in [0.25, 0.3) is 0 Å². The molecule has 0 saturated heterocycles. The van der Waals surface area contributed by atoms with Gasteiger partial charge in [0.2, 0.25) is 5.91 Å². The van der Waals surface area contributed by atoms with E-state index in [9.17, 15) is 4.79 Å². The molecule has 21 heavy (non-hydrogen) atoms. The lowest BCUT2D eigenvalue weighted by Gasteiger charge is -2.17. The van der Waals surface area contributed by atoms with Crippen molar-refractivity contribution in [2.45, 2.75) is 26.0 Å². The molecular weight excluding hydrogens is 264 g/mol. The number of para-hydroxylation sites is 1. The van der Waals surface area contributed by atoms with Crippen molar-refractivity contribution in [1.29, 1.82) is 0 Å². The lowest BCUT2D eigenvalue weighted by Crippen LogP contribution is -2.19. The van der Waals surface area contributed by atoms with Gasteiger partial charge in [-0.1, -0.05) is 36.4 Å². The topological polar surface area (TPSA) is 50.4 Å². The fraction of sp³-hybridized carbons (Fsp3) is 0.235. The number of fused-ring (bicyclic) bond motifs is 1. The van der Waals surface area contributed by atoms with Crippen LogP contribution in [0, 0.1) is 0 Å². The molecule has 4 nitrogen and oxygen atoms in total. The molecule has 0 fully saturated rings. The van der Waals surface area contributed by atoms with Crippen molar-refractivity contribution in [3.63, 3.8) is 0 Å². The Kier molecular flexibility index (Phi) is 3.77. The van der Waals surface area contributed by atoms with Gasteiger partial charge < -0.3 is 15.4 Å². The van der Waals surface area contributed by atoms with Crippen molar-refractivity contribution in [2.24, 2.45) is 0 Å². The number of ether oxygens (including phenoxy) is 1. The molecule has 0 saturated carbocycles. The monoisotopic (exact) mass is 282 g/mol. The van der Waals surface area contributed by atoms with Crippen LogP contribution in [0.3, 0.4) is 0 Å². The SMILES string of the molecule is C[C@@H]1CC(=O)Nc2cccc(OCc3ccccc3)c2N1. The highest BCUT2D eigenvalue weighted by molar-refractivity contribution is 5.97. The maximum Gasteiger partial charge on any atom is 0.226 e. The average Bonchev–Trinajstić information content (AvgIpc) is 2.63. The Balaban J connectivity index is 1.83. The van der Waals surface area contributed by atoms with Crippen molar-refractivity contribution in [3.8, 4) is 5.75 Å². The summed E-state index contributed by atoms with van der Waals surface area (Å²) in [5, 5.41) is 6.26. The van der Waals surface area contributed by atoms with E-state index in [0.717, 1.165) is 22.7 Å². The van der Waals surface area contributed by atoms with Crippen LogP contribution in [0.25, 0.3) is 0 Å². The summed E-state index contributed by atoms with van der Waals surface area (Å²) < 4.78 is 5.92. The third-order valence-corrected chi connectivity index (χ3v) is 3.42. The number of anilines is 2. The largest absolute Gasteiger partial charge is 0.487 e. The van der Waals surface area contributed by atoms with Crippen LogP contribution in [0.4, 0.5) is 11.4 Å². The van der Waals surface area contributed by atoms with Gasteiger partial charge in [-0.15, -0.1) is 0 Å². The third-order valence-electron chi connectivity index (χ3n) is 3.42. The van der Waals surface area contributed by atoms with Crippen molar-refractivity contribution < 1.29 is 9.53 Å². The fourth-order valence-electron chi connectivity index (χ4n) is 2.42. The van der Waals surface area contributed by atoms with Gasteiger partial charge in [0, 0.05) is 12.5 Å². The highest BCUT2D eigenvalue weighted by Gasteiger charge is 2.20. The highest BCUT2D eigenvalue weighted by Crippen LogP contribution is 2.35. The zero-order chi connectivity index (χ0) is 14.7. The van der Waals surface area contributed by atoms with E-state index in [1.54, 1.807) is 0 Å². The first kappa shape index (κ1) is 13.5. The summed E-state index contributed by atoms with van der Waals surface area (Å²) in [5.74, 6) is 0.777. The molecule has 1 heterocycles. The molecule has 4 heteroatoms. The molecule has 0 aromatic heterocycles. The predicted molar refractivity (Wildman–Crippen MR) is 83.5 cm³/mol. The molecule has 108 valence electrons. The molecule has 3 rings (SSSR count). The first-order valence-electron chi connectivity index (χ1n) is 7.08. The van der Waals surface area contributed by atoms with E-state index >= 15 is 0 Å². The van der Waals surface area contributed by atoms with Crippen LogP contribution in [0.1, 0.15) is 18.9 Å². The molecular formula is C17H18N2O2. The van der Waals surface area contributed by atoms with Crippen LogP contribution < -0.4 is 15.4 Å². The molecule has 2 aromatic rings. The van der Waals surface area contributed by atoms with Gasteiger partial charge in [-0.25, -0.2) is 0 Å². The maximum atomic E-state index is 11.8. The van der Waals surface area contributed by atoms with E-state index in [2.05, 4.69) is 10.6 Å². The minimum absolute atomic E-state index is 0.0222. The third kappa shape index (κ3) is 3.16. The second-order valence-electron chi connectivity index (χ2n) is 5.25. The number of hydrogen-bond acceptors (Lipinski definition) is 3. The zero-order valence-corrected chi connectivity index (χ0v) is 11.9. The number of benzene rings is 2. The first-order chi connectivity index (χ1) is 10.2. The molecule has 1 atom stereocenters. The van der Waals surface area contributed by atoms with Gasteiger partial charge in [0.15, 0.2) is 0 Å². The molecule has 0 aliphatic carbocycles. The lowest BCUT2D eigenvalue weighted by molar-refractivity contribution is -0.116. The minimum atomic E-state index is 0.0222. The maximum absolute atomic E-state index is 11.8. The van der Waals surface area contributed by atoms with Crippen LogP contribution in [-0.4, -0.2) is 11.9 Å². The van der Waals surface area contributed by atoms with E-state index in [1.807, 2.05) is 55.5 Å². The number of amides is 1. The van der Waals surface area contributed by atoms with Crippen LogP contribution in [0.2, 0.25) is 0 Å². The van der Waals surface area contributed by atoms with Crippen molar-refractivity contribution in [3.05, 3.63) is 54.1 Å². The van der Waals surface area contributed by atoms with Crippen molar-refractivity contribution in [2.75, 3.05) is 10.6 Å². The van der Waals surface area contributed by atoms with Crippen LogP contribution in [0.5, 0.6) is 5.75 Å². The Morgan fingerprint density at radius 3 is 2.76 bits per heavy atom. The highest BCUT2D eigenvalue weighted by atomic mass is 16.5. The number of hydrogen-bond donors (Lipinski definition) is 2. The molecule has 1 aliphatic rings. The number of carbonyl (C=O) groups excluding carboxylic acids is 1. The predicted octanol–water partition coefficient (Wildman–Crippen LogP) is 3.41. The number of nitrogens with one attached hydrogen (secondary N) is 2. The molecule has 0 radical (unpaired) electrons. The number of rotatable bonds is 3. The Hall–Kier alpha value is -2.49. The van der Waals surface area contributed by atoms with Gasteiger partial charge >= 0.3 is 0 Å². The van der Waals surface area contributed by atoms with Crippen LogP contribution >= 0.6 is 0 Å². The summed E-state index contributed by atoms with van der Waals surface area (Å²) in [7, 11) is 0. The normalized spacial score (nSPS) is 17.2. The van der Waals surface area contributed by atoms with E-state index in [0.29, 0.717) is 13.0 Å². The average molecular weight is 282 g/mol. The second kappa shape index (κ2) is 5.87. The fourth-order valence-corrected chi connectivity index (χ4v) is 2.42. The minimum Gasteiger partial charge on any atom is -0.487 e. The Bertz CT molecular complexity index is 640. The summed E-state index contributed by atoms with van der Waals surface area (Å²) >= 11 is 0. The van der Waals surface area contributed by atoms with Crippen molar-refractivity contribution >= 4 is 17.3 Å². The quantitative estimate of drug-likeness (QED) is 0.907. The van der Waals surface area contributed by atoms with E-state index in [4.69, 9.17) is 4.74 Å². The Morgan fingerprint density at radius 2 is 1.95 bits per heavy atom. The summed E-state index contributed by atoms with van der Waals surface area (Å²) in [6.07, 6.45) is 0.451. The summed E-state index contributed by atoms with van der Waals surface area (Å²) in [6, 6.07) is 15.8. The second-order valence-corrected chi connectivity index (χ2v) is 5.25. The molecule has 0 unspecified atom stereocenters. The van der Waals surface area contributed by atoms with E-state index < -0.39 is 0 Å². The van der Waals surface area contributed by atoms with Crippen molar-refractivity contribution in [1.82, 2.24) is 0 Å². The van der Waals surface area contributed by atoms with Gasteiger partial charge in [-0.2, -0.15) is 0 Å². The van der Waals surface area contributed by atoms with Gasteiger partial charge in [0.05, 0.1) is 5.69 Å². The summed E-state index contributed by atoms with van der Waals surface area (Å²) in [5.41, 5.74) is 2.74. The molecule has 2 N–H and O–H groups in total. The Morgan fingerprint density at radius 1 is 1.14 bits per heavy atom. The van der Waals surface area contributed by atoms with Crippen LogP contribution in [-0.2, 0) is 11.4 Å². The van der Waals surface area contributed by atoms with Crippen LogP contribution in [0.15, 0.2) is 48.5 Å². The summed E-state index contributed by atoms with van der Waals surface area (Å²) in [4.78, 5) is 11.8. The molecule has 1 aliphatic heterocycles. The van der Waals surface area contributed by atoms with Gasteiger partial charge in [-0.05, 0) is 24.6 Å².